The summed E-state index contributed by atoms with van der Waals surface area (Å²) in [6, 6.07) is 0.629. The lowest BCUT2D eigenvalue weighted by Crippen LogP contribution is -2.52. The number of nitrogens with zero attached hydrogens (tertiary/aromatic N) is 2. The summed E-state index contributed by atoms with van der Waals surface area (Å²) < 4.78 is 0. The van der Waals surface area contributed by atoms with E-state index >= 15 is 0 Å². The van der Waals surface area contributed by atoms with Crippen LogP contribution in [-0.4, -0.2) is 48.1 Å². The van der Waals surface area contributed by atoms with Gasteiger partial charge in [-0.2, -0.15) is 0 Å². The van der Waals surface area contributed by atoms with Gasteiger partial charge in [-0.3, -0.25) is 4.90 Å². The van der Waals surface area contributed by atoms with Gasteiger partial charge in [0, 0.05) is 18.1 Å². The minimum absolute atomic E-state index is 0.280. The first-order chi connectivity index (χ1) is 6.35. The Balaban J connectivity index is 4.30. The predicted octanol–water partition coefficient (Wildman–Crippen LogP) is 2.45. The summed E-state index contributed by atoms with van der Waals surface area (Å²) in [5, 5.41) is 0. The third-order valence-corrected chi connectivity index (χ3v) is 3.14. The number of hydrogen-bond donors (Lipinski definition) is 0. The van der Waals surface area contributed by atoms with E-state index in [0.717, 1.165) is 19.6 Å². The second kappa shape index (κ2) is 5.72. The molecule has 2 heteroatoms. The molecule has 0 aromatic carbocycles. The van der Waals surface area contributed by atoms with Crippen molar-refractivity contribution in [3.05, 3.63) is 0 Å². The summed E-state index contributed by atoms with van der Waals surface area (Å²) in [4.78, 5) is 4.93. The van der Waals surface area contributed by atoms with E-state index in [2.05, 4.69) is 58.4 Å². The van der Waals surface area contributed by atoms with Gasteiger partial charge in [0.05, 0.1) is 0 Å². The van der Waals surface area contributed by atoms with Crippen LogP contribution in [-0.2, 0) is 0 Å². The monoisotopic (exact) mass is 200 g/mol. The van der Waals surface area contributed by atoms with Gasteiger partial charge in [-0.15, -0.1) is 0 Å². The Morgan fingerprint density at radius 1 is 1.07 bits per heavy atom. The van der Waals surface area contributed by atoms with Crippen molar-refractivity contribution in [2.24, 2.45) is 0 Å². The van der Waals surface area contributed by atoms with Crippen molar-refractivity contribution < 1.29 is 0 Å². The molecule has 0 aliphatic rings. The highest BCUT2D eigenvalue weighted by molar-refractivity contribution is 4.83. The van der Waals surface area contributed by atoms with E-state index in [1.807, 2.05) is 0 Å². The molecule has 0 N–H and O–H groups in total. The lowest BCUT2D eigenvalue weighted by molar-refractivity contribution is 0.0824. The lowest BCUT2D eigenvalue weighted by atomic mass is 10.0. The molecule has 2 nitrogen and oxygen atoms in total. The fraction of sp³-hybridized carbons (Fsp3) is 1.00. The summed E-state index contributed by atoms with van der Waals surface area (Å²) in [5.41, 5.74) is 0.280. The zero-order chi connectivity index (χ0) is 11.4. The van der Waals surface area contributed by atoms with Crippen molar-refractivity contribution >= 4 is 0 Å². The van der Waals surface area contributed by atoms with E-state index < -0.39 is 0 Å². The normalized spacial score (nSPS) is 13.3. The predicted molar refractivity (Wildman–Crippen MR) is 64.8 cm³/mol. The Morgan fingerprint density at radius 2 is 1.50 bits per heavy atom. The van der Waals surface area contributed by atoms with Crippen LogP contribution in [0.3, 0.4) is 0 Å². The SMILES string of the molecule is CCN(CC)C(C)(C)CN(C)C(C)C. The average molecular weight is 200 g/mol. The smallest absolute Gasteiger partial charge is 0.0279 e. The molecule has 0 unspecified atom stereocenters. The second-order valence-electron chi connectivity index (χ2n) is 4.99. The Morgan fingerprint density at radius 3 is 1.79 bits per heavy atom. The van der Waals surface area contributed by atoms with Crippen LogP contribution in [0.1, 0.15) is 41.5 Å². The quantitative estimate of drug-likeness (QED) is 0.650. The van der Waals surface area contributed by atoms with Gasteiger partial charge < -0.3 is 4.90 Å². The molecule has 0 aromatic heterocycles. The minimum atomic E-state index is 0.280. The Hall–Kier alpha value is -0.0800. The molecule has 0 fully saturated rings. The van der Waals surface area contributed by atoms with Gasteiger partial charge >= 0.3 is 0 Å². The molecule has 0 aliphatic carbocycles. The third kappa shape index (κ3) is 3.97. The van der Waals surface area contributed by atoms with Crippen LogP contribution in [0, 0.1) is 0 Å². The zero-order valence-electron chi connectivity index (χ0n) is 11.1. The molecular formula is C12H28N2. The maximum Gasteiger partial charge on any atom is 0.0279 e. The summed E-state index contributed by atoms with van der Waals surface area (Å²) in [6.07, 6.45) is 0. The van der Waals surface area contributed by atoms with Crippen molar-refractivity contribution in [2.75, 3.05) is 26.7 Å². The molecule has 0 bridgehead atoms. The fourth-order valence-electron chi connectivity index (χ4n) is 1.97. The Kier molecular flexibility index (Phi) is 5.68. The van der Waals surface area contributed by atoms with Gasteiger partial charge in [-0.05, 0) is 47.8 Å². The number of hydrogen-bond acceptors (Lipinski definition) is 2. The van der Waals surface area contributed by atoms with Crippen molar-refractivity contribution in [3.63, 3.8) is 0 Å². The average Bonchev–Trinajstić information content (AvgIpc) is 2.04. The maximum atomic E-state index is 2.52. The van der Waals surface area contributed by atoms with Gasteiger partial charge in [-0.1, -0.05) is 13.8 Å². The Bertz CT molecular complexity index is 148. The van der Waals surface area contributed by atoms with Gasteiger partial charge in [-0.25, -0.2) is 0 Å². The molecule has 86 valence electrons. The molecule has 0 aliphatic heterocycles. The highest BCUT2D eigenvalue weighted by Gasteiger charge is 2.26. The first kappa shape index (κ1) is 13.9. The van der Waals surface area contributed by atoms with Gasteiger partial charge in [0.15, 0.2) is 0 Å². The van der Waals surface area contributed by atoms with Crippen LogP contribution in [0.25, 0.3) is 0 Å². The van der Waals surface area contributed by atoms with Gasteiger partial charge in [0.2, 0.25) is 0 Å². The third-order valence-electron chi connectivity index (χ3n) is 3.14. The van der Waals surface area contributed by atoms with Crippen molar-refractivity contribution in [2.45, 2.75) is 53.1 Å². The van der Waals surface area contributed by atoms with Crippen LogP contribution in [0.2, 0.25) is 0 Å². The van der Waals surface area contributed by atoms with Crippen LogP contribution >= 0.6 is 0 Å². The summed E-state index contributed by atoms with van der Waals surface area (Å²) in [5.74, 6) is 0. The molecule has 0 saturated carbocycles. The standard InChI is InChI=1S/C12H28N2/c1-8-14(9-2)12(5,6)10-13(7)11(3)4/h11H,8-10H2,1-7H3. The van der Waals surface area contributed by atoms with E-state index in [-0.39, 0.29) is 5.54 Å². The van der Waals surface area contributed by atoms with Crippen LogP contribution in [0.4, 0.5) is 0 Å². The van der Waals surface area contributed by atoms with E-state index in [0.29, 0.717) is 6.04 Å². The minimum Gasteiger partial charge on any atom is -0.302 e. The molecule has 0 heterocycles. The van der Waals surface area contributed by atoms with Crippen LogP contribution in [0.5, 0.6) is 0 Å². The molecule has 14 heavy (non-hydrogen) atoms. The van der Waals surface area contributed by atoms with Gasteiger partial charge in [0.1, 0.15) is 0 Å². The fourth-order valence-corrected chi connectivity index (χ4v) is 1.97. The first-order valence-electron chi connectivity index (χ1n) is 5.80. The molecule has 0 aromatic rings. The number of likely N-dealkylation sites (N-methyl/N-ethyl adjacent to an activating group) is 2. The summed E-state index contributed by atoms with van der Waals surface area (Å²) in [6.45, 7) is 17.0. The first-order valence-corrected chi connectivity index (χ1v) is 5.80. The lowest BCUT2D eigenvalue weighted by Gasteiger charge is -2.41. The second-order valence-corrected chi connectivity index (χ2v) is 4.99. The van der Waals surface area contributed by atoms with Crippen LogP contribution in [0.15, 0.2) is 0 Å². The molecule has 0 radical (unpaired) electrons. The largest absolute Gasteiger partial charge is 0.302 e. The van der Waals surface area contributed by atoms with E-state index in [1.165, 1.54) is 0 Å². The van der Waals surface area contributed by atoms with Crippen LogP contribution < -0.4 is 0 Å². The summed E-state index contributed by atoms with van der Waals surface area (Å²) in [7, 11) is 2.20. The van der Waals surface area contributed by atoms with Crippen molar-refractivity contribution in [3.8, 4) is 0 Å². The van der Waals surface area contributed by atoms with E-state index in [9.17, 15) is 0 Å². The van der Waals surface area contributed by atoms with Gasteiger partial charge in [0.25, 0.3) is 0 Å². The molecule has 0 spiro atoms. The highest BCUT2D eigenvalue weighted by atomic mass is 15.2. The zero-order valence-corrected chi connectivity index (χ0v) is 11.1. The van der Waals surface area contributed by atoms with Crippen molar-refractivity contribution in [1.29, 1.82) is 0 Å². The van der Waals surface area contributed by atoms with E-state index in [4.69, 9.17) is 0 Å². The molecule has 0 rings (SSSR count). The molecule has 0 amide bonds. The molecule has 0 atom stereocenters. The topological polar surface area (TPSA) is 6.48 Å². The Labute approximate surface area is 90.3 Å². The summed E-state index contributed by atoms with van der Waals surface area (Å²) >= 11 is 0. The van der Waals surface area contributed by atoms with Crippen molar-refractivity contribution in [1.82, 2.24) is 9.80 Å². The molecule has 0 saturated heterocycles. The molecular weight excluding hydrogens is 172 g/mol. The van der Waals surface area contributed by atoms with E-state index in [1.54, 1.807) is 0 Å². The number of rotatable bonds is 6. The highest BCUT2D eigenvalue weighted by Crippen LogP contribution is 2.15. The maximum absolute atomic E-state index is 2.52.